The molecule has 0 radical (unpaired) electrons. The lowest BCUT2D eigenvalue weighted by atomic mass is 9.75. The van der Waals surface area contributed by atoms with E-state index in [4.69, 9.17) is 27.5 Å². The van der Waals surface area contributed by atoms with Crippen molar-refractivity contribution in [2.75, 3.05) is 6.61 Å². The smallest absolute Gasteiger partial charge is 0.137 e. The highest BCUT2D eigenvalue weighted by atomic mass is 35.5. The molecule has 0 fully saturated rings. The van der Waals surface area contributed by atoms with Crippen molar-refractivity contribution in [3.05, 3.63) is 88.9 Å². The highest BCUT2D eigenvalue weighted by molar-refractivity contribution is 6.32. The van der Waals surface area contributed by atoms with Crippen molar-refractivity contribution in [1.29, 1.82) is 0 Å². The molecular weight excluding hydrogens is 404 g/mol. The molecule has 0 aliphatic heterocycles. The third-order valence-corrected chi connectivity index (χ3v) is 5.91. The molecule has 0 bridgehead atoms. The lowest BCUT2D eigenvalue weighted by molar-refractivity contribution is 0.340. The zero-order valence-corrected chi connectivity index (χ0v) is 19.0. The maximum absolute atomic E-state index is 6.43. The summed E-state index contributed by atoms with van der Waals surface area (Å²) >= 11 is 6.43. The van der Waals surface area contributed by atoms with Crippen LogP contribution in [0.2, 0.25) is 5.02 Å². The van der Waals surface area contributed by atoms with E-state index in [9.17, 15) is 0 Å². The number of aryl methyl sites for hydroxylation is 1. The van der Waals surface area contributed by atoms with E-state index in [-0.39, 0.29) is 5.41 Å². The molecule has 0 aliphatic carbocycles. The molecule has 0 amide bonds. The van der Waals surface area contributed by atoms with E-state index in [1.54, 1.807) is 0 Å². The van der Waals surface area contributed by atoms with Crippen molar-refractivity contribution in [2.45, 2.75) is 44.9 Å². The second-order valence-corrected chi connectivity index (χ2v) is 7.98. The number of hydrogen-bond acceptors (Lipinski definition) is 2. The van der Waals surface area contributed by atoms with E-state index >= 15 is 0 Å². The van der Waals surface area contributed by atoms with Crippen LogP contribution in [0.25, 0.3) is 0 Å². The van der Waals surface area contributed by atoms with Crippen LogP contribution in [0.15, 0.2) is 72.8 Å². The largest absolute Gasteiger partial charge is 0.492 e. The van der Waals surface area contributed by atoms with Gasteiger partial charge in [-0.3, -0.25) is 0 Å². The molecule has 3 aromatic carbocycles. The highest BCUT2D eigenvalue weighted by Gasteiger charge is 2.28. The van der Waals surface area contributed by atoms with Gasteiger partial charge >= 0.3 is 0 Å². The molecule has 31 heavy (non-hydrogen) atoms. The molecule has 3 rings (SSSR count). The van der Waals surface area contributed by atoms with E-state index in [1.807, 2.05) is 61.5 Å². The maximum Gasteiger partial charge on any atom is 0.137 e. The van der Waals surface area contributed by atoms with E-state index in [0.717, 1.165) is 42.7 Å². The first-order valence-corrected chi connectivity index (χ1v) is 11.2. The van der Waals surface area contributed by atoms with Gasteiger partial charge in [-0.1, -0.05) is 60.8 Å². The molecule has 0 N–H and O–H groups in total. The minimum absolute atomic E-state index is 0.341. The van der Waals surface area contributed by atoms with Crippen LogP contribution in [0.3, 0.4) is 0 Å². The average Bonchev–Trinajstić information content (AvgIpc) is 2.79. The van der Waals surface area contributed by atoms with Crippen LogP contribution in [0.5, 0.6) is 17.2 Å². The van der Waals surface area contributed by atoms with Gasteiger partial charge in [0.1, 0.15) is 17.2 Å². The van der Waals surface area contributed by atoms with Crippen molar-refractivity contribution >= 4 is 11.6 Å². The van der Waals surface area contributed by atoms with Crippen LogP contribution in [0.4, 0.5) is 0 Å². The van der Waals surface area contributed by atoms with Crippen LogP contribution < -0.4 is 9.47 Å². The average molecular weight is 433 g/mol. The second kappa shape index (κ2) is 10.9. The first-order valence-electron chi connectivity index (χ1n) is 10.8. The van der Waals surface area contributed by atoms with Crippen LogP contribution in [0.1, 0.15) is 44.2 Å². The molecule has 1 atom stereocenters. The third kappa shape index (κ3) is 5.84. The van der Waals surface area contributed by atoms with Crippen molar-refractivity contribution in [1.82, 2.24) is 0 Å². The van der Waals surface area contributed by atoms with Gasteiger partial charge in [0.25, 0.3) is 0 Å². The van der Waals surface area contributed by atoms with E-state index in [0.29, 0.717) is 17.4 Å². The van der Waals surface area contributed by atoms with Gasteiger partial charge in [0, 0.05) is 0 Å². The summed E-state index contributed by atoms with van der Waals surface area (Å²) in [6.45, 7) is 4.67. The lowest BCUT2D eigenvalue weighted by Crippen LogP contribution is -2.23. The minimum Gasteiger partial charge on any atom is -0.492 e. The summed E-state index contributed by atoms with van der Waals surface area (Å²) in [5.74, 6) is 5.45. The Kier molecular flexibility index (Phi) is 8.04. The molecule has 0 saturated heterocycles. The molecule has 0 aromatic heterocycles. The van der Waals surface area contributed by atoms with Crippen LogP contribution >= 0.6 is 11.6 Å². The molecule has 0 heterocycles. The van der Waals surface area contributed by atoms with Crippen molar-refractivity contribution in [3.8, 4) is 29.6 Å². The summed E-state index contributed by atoms with van der Waals surface area (Å²) < 4.78 is 11.5. The predicted octanol–water partition coefficient (Wildman–Crippen LogP) is 7.83. The molecule has 0 saturated carbocycles. The van der Waals surface area contributed by atoms with Crippen molar-refractivity contribution in [3.63, 3.8) is 0 Å². The summed E-state index contributed by atoms with van der Waals surface area (Å²) in [5, 5.41) is 0.609. The van der Waals surface area contributed by atoms with Gasteiger partial charge in [0.05, 0.1) is 17.0 Å². The van der Waals surface area contributed by atoms with Gasteiger partial charge < -0.3 is 9.47 Å². The summed E-state index contributed by atoms with van der Waals surface area (Å²) in [5.41, 5.74) is 1.97. The Balaban J connectivity index is 1.68. The summed E-state index contributed by atoms with van der Waals surface area (Å²) in [6, 6.07) is 24.0. The highest BCUT2D eigenvalue weighted by Crippen LogP contribution is 2.37. The van der Waals surface area contributed by atoms with Gasteiger partial charge in [-0.05, 0) is 80.1 Å². The van der Waals surface area contributed by atoms with E-state index in [1.165, 1.54) is 5.56 Å². The molecule has 1 unspecified atom stereocenters. The summed E-state index contributed by atoms with van der Waals surface area (Å²) in [6.07, 6.45) is 9.68. The number of rotatable bonds is 10. The van der Waals surface area contributed by atoms with Crippen molar-refractivity contribution in [2.24, 2.45) is 0 Å². The molecule has 0 aliphatic rings. The van der Waals surface area contributed by atoms with Gasteiger partial charge in [-0.2, -0.15) is 0 Å². The fraction of sp³-hybridized carbons (Fsp3) is 0.286. The molecule has 3 heteroatoms. The Morgan fingerprint density at radius 1 is 0.935 bits per heavy atom. The Labute approximate surface area is 191 Å². The lowest BCUT2D eigenvalue weighted by Gasteiger charge is -2.28. The maximum atomic E-state index is 6.43. The van der Waals surface area contributed by atoms with Gasteiger partial charge in [-0.15, -0.1) is 6.42 Å². The molecule has 2 nitrogen and oxygen atoms in total. The van der Waals surface area contributed by atoms with Crippen LogP contribution in [-0.4, -0.2) is 6.61 Å². The SMILES string of the molecule is C#CC(CC)(CCCc1cccc(Oc2ccccc2)c1)c1ccc(OCC)c(Cl)c1. The fourth-order valence-electron chi connectivity index (χ4n) is 3.84. The van der Waals surface area contributed by atoms with E-state index in [2.05, 4.69) is 31.0 Å². The molecule has 3 aromatic rings. The number of benzene rings is 3. The van der Waals surface area contributed by atoms with Crippen LogP contribution in [-0.2, 0) is 11.8 Å². The molecule has 160 valence electrons. The minimum atomic E-state index is -0.341. The number of ether oxygens (including phenoxy) is 2. The fourth-order valence-corrected chi connectivity index (χ4v) is 4.07. The zero-order chi connectivity index (χ0) is 22.1. The predicted molar refractivity (Wildman–Crippen MR) is 129 cm³/mol. The third-order valence-electron chi connectivity index (χ3n) is 5.61. The van der Waals surface area contributed by atoms with Crippen LogP contribution in [0, 0.1) is 12.3 Å². The topological polar surface area (TPSA) is 18.5 Å². The molecule has 0 spiro atoms. The van der Waals surface area contributed by atoms with Gasteiger partial charge in [-0.25, -0.2) is 0 Å². The quantitative estimate of drug-likeness (QED) is 0.304. The Morgan fingerprint density at radius 2 is 1.71 bits per heavy atom. The normalized spacial score (nSPS) is 12.6. The molecular formula is C28H29ClO2. The number of terminal acetylenes is 1. The standard InChI is InChI=1S/C28H29ClO2/c1-4-28(5-2,23-17-18-27(30-6-3)26(29)21-23)19-11-13-22-12-10-16-25(20-22)31-24-14-8-7-9-15-24/h1,7-10,12,14-18,20-21H,5-6,11,13,19H2,2-3H3. The Morgan fingerprint density at radius 3 is 2.39 bits per heavy atom. The summed E-state index contributed by atoms with van der Waals surface area (Å²) in [4.78, 5) is 0. The number of hydrogen-bond donors (Lipinski definition) is 0. The Hall–Kier alpha value is -2.89. The number of para-hydroxylation sites is 1. The van der Waals surface area contributed by atoms with Gasteiger partial charge in [0.2, 0.25) is 0 Å². The first kappa shape index (κ1) is 22.8. The monoisotopic (exact) mass is 432 g/mol. The Bertz CT molecular complexity index is 1020. The number of halogens is 1. The van der Waals surface area contributed by atoms with Gasteiger partial charge in [0.15, 0.2) is 0 Å². The zero-order valence-electron chi connectivity index (χ0n) is 18.2. The van der Waals surface area contributed by atoms with Crippen molar-refractivity contribution < 1.29 is 9.47 Å². The first-order chi connectivity index (χ1) is 15.1. The van der Waals surface area contributed by atoms with E-state index < -0.39 is 0 Å². The summed E-state index contributed by atoms with van der Waals surface area (Å²) in [7, 11) is 0. The second-order valence-electron chi connectivity index (χ2n) is 7.57.